The van der Waals surface area contributed by atoms with E-state index >= 15 is 0 Å². The van der Waals surface area contributed by atoms with Crippen LogP contribution in [0.25, 0.3) is 0 Å². The smallest absolute Gasteiger partial charge is 0.331 e. The first-order valence-electron chi connectivity index (χ1n) is 5.77. The molecule has 0 aliphatic rings. The molecule has 0 spiro atoms. The summed E-state index contributed by atoms with van der Waals surface area (Å²) in [5, 5.41) is 10.9. The fourth-order valence-corrected chi connectivity index (χ4v) is 1.65. The lowest BCUT2D eigenvalue weighted by atomic mass is 10.0. The number of hydrogen-bond acceptors (Lipinski definition) is 5. The molecular weight excluding hydrogens is 252 g/mol. The predicted octanol–water partition coefficient (Wildman–Crippen LogP) is 1.36. The van der Waals surface area contributed by atoms with Crippen molar-refractivity contribution in [2.45, 2.75) is 33.2 Å². The van der Waals surface area contributed by atoms with Crippen molar-refractivity contribution in [1.29, 1.82) is 0 Å². The zero-order chi connectivity index (χ0) is 14.8. The molecule has 7 nitrogen and oxygen atoms in total. The van der Waals surface area contributed by atoms with E-state index in [0.717, 1.165) is 16.8 Å². The quantitative estimate of drug-likeness (QED) is 0.467. The number of nitro groups is 1. The average molecular weight is 268 g/mol. The van der Waals surface area contributed by atoms with Gasteiger partial charge in [-0.1, -0.05) is 0 Å². The average Bonchev–Trinajstić information content (AvgIpc) is 2.28. The van der Waals surface area contributed by atoms with E-state index in [0.29, 0.717) is 0 Å². The van der Waals surface area contributed by atoms with Gasteiger partial charge in [-0.05, 0) is 27.7 Å². The van der Waals surface area contributed by atoms with E-state index in [9.17, 15) is 19.7 Å². The lowest BCUT2D eigenvalue weighted by molar-refractivity contribution is -0.386. The SMILES string of the molecule is CCOC(=O)C(C)(C)n1cc([N+](=O)[O-])c(C)cc1=O. The normalized spacial score (nSPS) is 11.2. The summed E-state index contributed by atoms with van der Waals surface area (Å²) in [4.78, 5) is 34.0. The van der Waals surface area contributed by atoms with E-state index in [1.165, 1.54) is 20.8 Å². The second kappa shape index (κ2) is 5.21. The zero-order valence-electron chi connectivity index (χ0n) is 11.3. The first kappa shape index (κ1) is 14.9. The van der Waals surface area contributed by atoms with E-state index in [1.54, 1.807) is 6.92 Å². The van der Waals surface area contributed by atoms with E-state index < -0.39 is 22.0 Å². The highest BCUT2D eigenvalue weighted by atomic mass is 16.6. The van der Waals surface area contributed by atoms with Gasteiger partial charge in [0, 0.05) is 11.6 Å². The largest absolute Gasteiger partial charge is 0.464 e. The van der Waals surface area contributed by atoms with Gasteiger partial charge in [-0.3, -0.25) is 19.5 Å². The fraction of sp³-hybridized carbons (Fsp3) is 0.500. The molecule has 0 fully saturated rings. The number of carbonyl (C=O) groups is 1. The molecule has 0 aliphatic carbocycles. The second-order valence-electron chi connectivity index (χ2n) is 4.59. The minimum Gasteiger partial charge on any atom is -0.464 e. The third-order valence-corrected chi connectivity index (χ3v) is 2.81. The number of pyridine rings is 1. The number of aryl methyl sites for hydroxylation is 1. The van der Waals surface area contributed by atoms with Crippen molar-refractivity contribution in [1.82, 2.24) is 4.57 Å². The Morgan fingerprint density at radius 2 is 2.11 bits per heavy atom. The summed E-state index contributed by atoms with van der Waals surface area (Å²) in [6, 6.07) is 1.14. The van der Waals surface area contributed by atoms with Crippen LogP contribution in [0.3, 0.4) is 0 Å². The van der Waals surface area contributed by atoms with Gasteiger partial charge in [0.2, 0.25) is 0 Å². The van der Waals surface area contributed by atoms with Crippen LogP contribution in [0.1, 0.15) is 26.3 Å². The van der Waals surface area contributed by atoms with Crippen LogP contribution in [0, 0.1) is 17.0 Å². The monoisotopic (exact) mass is 268 g/mol. The Hall–Kier alpha value is -2.18. The zero-order valence-corrected chi connectivity index (χ0v) is 11.3. The molecule has 0 unspecified atom stereocenters. The van der Waals surface area contributed by atoms with E-state index in [-0.39, 0.29) is 17.9 Å². The van der Waals surface area contributed by atoms with E-state index in [2.05, 4.69) is 0 Å². The third kappa shape index (κ3) is 2.81. The van der Waals surface area contributed by atoms with Gasteiger partial charge in [-0.15, -0.1) is 0 Å². The van der Waals surface area contributed by atoms with Crippen LogP contribution in [0.15, 0.2) is 17.1 Å². The molecule has 0 radical (unpaired) electrons. The highest BCUT2D eigenvalue weighted by Crippen LogP contribution is 2.20. The summed E-state index contributed by atoms with van der Waals surface area (Å²) in [6.07, 6.45) is 1.08. The summed E-state index contributed by atoms with van der Waals surface area (Å²) in [7, 11) is 0. The van der Waals surface area contributed by atoms with Crippen molar-refractivity contribution in [3.8, 4) is 0 Å². The lowest BCUT2D eigenvalue weighted by Gasteiger charge is -2.24. The second-order valence-corrected chi connectivity index (χ2v) is 4.59. The Morgan fingerprint density at radius 3 is 2.58 bits per heavy atom. The van der Waals surface area contributed by atoms with Crippen molar-refractivity contribution in [3.05, 3.63) is 38.3 Å². The summed E-state index contributed by atoms with van der Waals surface area (Å²) in [6.45, 7) is 6.25. The number of ether oxygens (including phenoxy) is 1. The predicted molar refractivity (Wildman–Crippen MR) is 68.0 cm³/mol. The minimum atomic E-state index is -1.30. The number of nitrogens with zero attached hydrogens (tertiary/aromatic N) is 2. The van der Waals surface area contributed by atoms with Crippen molar-refractivity contribution in [3.63, 3.8) is 0 Å². The molecule has 7 heteroatoms. The van der Waals surface area contributed by atoms with Crippen LogP contribution in [0.5, 0.6) is 0 Å². The maximum atomic E-state index is 11.9. The van der Waals surface area contributed by atoms with Crippen molar-refractivity contribution in [2.24, 2.45) is 0 Å². The molecule has 1 aromatic heterocycles. The standard InChI is InChI=1S/C12H16N2O5/c1-5-19-11(16)12(3,4)13-7-9(14(17)18)8(2)6-10(13)15/h6-7H,5H2,1-4H3. The fourth-order valence-electron chi connectivity index (χ4n) is 1.65. The van der Waals surface area contributed by atoms with Crippen LogP contribution in [0.4, 0.5) is 5.69 Å². The first-order valence-corrected chi connectivity index (χ1v) is 5.77. The van der Waals surface area contributed by atoms with Gasteiger partial charge < -0.3 is 4.74 Å². The molecule has 0 amide bonds. The molecule has 19 heavy (non-hydrogen) atoms. The first-order chi connectivity index (χ1) is 8.71. The Balaban J connectivity index is 3.42. The van der Waals surface area contributed by atoms with Gasteiger partial charge in [0.05, 0.1) is 17.7 Å². The van der Waals surface area contributed by atoms with Gasteiger partial charge in [0.15, 0.2) is 0 Å². The van der Waals surface area contributed by atoms with Crippen LogP contribution in [-0.4, -0.2) is 22.1 Å². The summed E-state index contributed by atoms with van der Waals surface area (Å²) < 4.78 is 5.90. The topological polar surface area (TPSA) is 91.4 Å². The molecular formula is C12H16N2O5. The Bertz CT molecular complexity index is 574. The Kier molecular flexibility index (Phi) is 4.08. The molecule has 0 saturated carbocycles. The molecule has 1 aromatic rings. The molecule has 0 saturated heterocycles. The van der Waals surface area contributed by atoms with Gasteiger partial charge >= 0.3 is 5.97 Å². The molecule has 104 valence electrons. The van der Waals surface area contributed by atoms with E-state index in [1.807, 2.05) is 0 Å². The maximum absolute atomic E-state index is 11.9. The third-order valence-electron chi connectivity index (χ3n) is 2.81. The number of carbonyl (C=O) groups excluding carboxylic acids is 1. The summed E-state index contributed by atoms with van der Waals surface area (Å²) >= 11 is 0. The van der Waals surface area contributed by atoms with Crippen LogP contribution in [-0.2, 0) is 15.1 Å². The number of esters is 1. The molecule has 0 bridgehead atoms. The number of hydrogen-bond donors (Lipinski definition) is 0. The highest BCUT2D eigenvalue weighted by molar-refractivity contribution is 5.78. The minimum absolute atomic E-state index is 0.172. The molecule has 0 aliphatic heterocycles. The van der Waals surface area contributed by atoms with Crippen molar-refractivity contribution >= 4 is 11.7 Å². The van der Waals surface area contributed by atoms with Gasteiger partial charge in [-0.2, -0.15) is 0 Å². The maximum Gasteiger partial charge on any atom is 0.331 e. The molecule has 1 heterocycles. The molecule has 0 aromatic carbocycles. The van der Waals surface area contributed by atoms with E-state index in [4.69, 9.17) is 4.74 Å². The summed E-state index contributed by atoms with van der Waals surface area (Å²) in [5.74, 6) is -0.616. The number of rotatable bonds is 4. The van der Waals surface area contributed by atoms with Gasteiger partial charge in [0.25, 0.3) is 11.2 Å². The Morgan fingerprint density at radius 1 is 1.53 bits per heavy atom. The summed E-state index contributed by atoms with van der Waals surface area (Å²) in [5.41, 5.74) is -1.74. The molecule has 0 N–H and O–H groups in total. The van der Waals surface area contributed by atoms with Crippen LogP contribution >= 0.6 is 0 Å². The van der Waals surface area contributed by atoms with Gasteiger partial charge in [0.1, 0.15) is 5.54 Å². The van der Waals surface area contributed by atoms with Gasteiger partial charge in [-0.25, -0.2) is 4.79 Å². The van der Waals surface area contributed by atoms with Crippen molar-refractivity contribution < 1.29 is 14.5 Å². The lowest BCUT2D eigenvalue weighted by Crippen LogP contribution is -2.43. The molecule has 0 atom stereocenters. The van der Waals surface area contributed by atoms with Crippen LogP contribution in [0.2, 0.25) is 0 Å². The number of aromatic nitrogens is 1. The van der Waals surface area contributed by atoms with Crippen molar-refractivity contribution in [2.75, 3.05) is 6.61 Å². The highest BCUT2D eigenvalue weighted by Gasteiger charge is 2.33. The molecule has 1 rings (SSSR count). The van der Waals surface area contributed by atoms with Crippen LogP contribution < -0.4 is 5.56 Å². The Labute approximate surface area is 110 Å².